The van der Waals surface area contributed by atoms with Crippen molar-refractivity contribution < 1.29 is 9.90 Å². The van der Waals surface area contributed by atoms with E-state index in [0.29, 0.717) is 15.7 Å². The number of rotatable bonds is 2. The maximum Gasteiger partial charge on any atom is 0.336 e. The second kappa shape index (κ2) is 3.66. The molecule has 0 saturated heterocycles. The summed E-state index contributed by atoms with van der Waals surface area (Å²) in [6, 6.07) is 6.62. The van der Waals surface area contributed by atoms with Gasteiger partial charge in [-0.2, -0.15) is 0 Å². The Balaban J connectivity index is 2.57. The molecular weight excluding hydrogens is 214 g/mol. The molecule has 0 amide bonds. The smallest absolute Gasteiger partial charge is 0.336 e. The molecular formula is C9H7N3O2S. The van der Waals surface area contributed by atoms with Crippen LogP contribution in [-0.2, 0) is 0 Å². The van der Waals surface area contributed by atoms with Crippen LogP contribution in [0.4, 0.5) is 5.13 Å². The molecule has 5 nitrogen and oxygen atoms in total. The average Bonchev–Trinajstić information content (AvgIpc) is 2.65. The number of anilines is 1. The van der Waals surface area contributed by atoms with Crippen molar-refractivity contribution in [2.75, 3.05) is 5.73 Å². The fourth-order valence-corrected chi connectivity index (χ4v) is 1.85. The summed E-state index contributed by atoms with van der Waals surface area (Å²) in [6.45, 7) is 0. The lowest BCUT2D eigenvalue weighted by atomic mass is 10.1. The van der Waals surface area contributed by atoms with Gasteiger partial charge in [-0.1, -0.05) is 29.5 Å². The van der Waals surface area contributed by atoms with Crippen LogP contribution in [0, 0.1) is 0 Å². The van der Waals surface area contributed by atoms with Crippen molar-refractivity contribution in [2.24, 2.45) is 0 Å². The van der Waals surface area contributed by atoms with E-state index < -0.39 is 5.97 Å². The van der Waals surface area contributed by atoms with Gasteiger partial charge >= 0.3 is 5.97 Å². The molecule has 0 aliphatic carbocycles. The van der Waals surface area contributed by atoms with E-state index in [1.54, 1.807) is 18.2 Å². The van der Waals surface area contributed by atoms with Crippen molar-refractivity contribution >= 4 is 22.4 Å². The van der Waals surface area contributed by atoms with E-state index in [9.17, 15) is 4.79 Å². The highest BCUT2D eigenvalue weighted by atomic mass is 32.1. The number of nitrogen functional groups attached to an aromatic ring is 1. The molecule has 0 spiro atoms. The summed E-state index contributed by atoms with van der Waals surface area (Å²) < 4.78 is 0. The Morgan fingerprint density at radius 3 is 2.67 bits per heavy atom. The fraction of sp³-hybridized carbons (Fsp3) is 0. The summed E-state index contributed by atoms with van der Waals surface area (Å²) in [5.41, 5.74) is 6.18. The molecule has 0 atom stereocenters. The molecule has 1 aromatic carbocycles. The van der Waals surface area contributed by atoms with Crippen molar-refractivity contribution in [3.63, 3.8) is 0 Å². The number of carboxylic acids is 1. The monoisotopic (exact) mass is 221 g/mol. The maximum atomic E-state index is 10.9. The highest BCUT2D eigenvalue weighted by Gasteiger charge is 2.13. The van der Waals surface area contributed by atoms with Crippen LogP contribution in [0.5, 0.6) is 0 Å². The summed E-state index contributed by atoms with van der Waals surface area (Å²) in [5.74, 6) is -0.987. The van der Waals surface area contributed by atoms with E-state index in [-0.39, 0.29) is 5.56 Å². The van der Waals surface area contributed by atoms with Crippen molar-refractivity contribution in [1.29, 1.82) is 0 Å². The lowest BCUT2D eigenvalue weighted by Crippen LogP contribution is -1.98. The van der Waals surface area contributed by atoms with Gasteiger partial charge in [0.15, 0.2) is 0 Å². The minimum Gasteiger partial charge on any atom is -0.478 e. The molecule has 0 radical (unpaired) electrons. The van der Waals surface area contributed by atoms with Gasteiger partial charge in [0.1, 0.15) is 5.01 Å². The molecule has 15 heavy (non-hydrogen) atoms. The number of aromatic carboxylic acids is 1. The molecule has 6 heteroatoms. The number of hydrogen-bond acceptors (Lipinski definition) is 5. The Bertz CT molecular complexity index is 510. The van der Waals surface area contributed by atoms with E-state index in [0.717, 1.165) is 11.3 Å². The largest absolute Gasteiger partial charge is 0.478 e. The van der Waals surface area contributed by atoms with E-state index in [2.05, 4.69) is 10.2 Å². The van der Waals surface area contributed by atoms with Gasteiger partial charge in [-0.25, -0.2) is 4.79 Å². The molecule has 1 heterocycles. The van der Waals surface area contributed by atoms with Crippen LogP contribution in [0.2, 0.25) is 0 Å². The normalized spacial score (nSPS) is 10.1. The molecule has 3 N–H and O–H groups in total. The highest BCUT2D eigenvalue weighted by molar-refractivity contribution is 7.18. The summed E-state index contributed by atoms with van der Waals surface area (Å²) in [7, 11) is 0. The van der Waals surface area contributed by atoms with E-state index in [1.807, 2.05) is 0 Å². The van der Waals surface area contributed by atoms with Gasteiger partial charge in [-0.05, 0) is 6.07 Å². The summed E-state index contributed by atoms with van der Waals surface area (Å²) >= 11 is 1.16. The summed E-state index contributed by atoms with van der Waals surface area (Å²) in [6.07, 6.45) is 0. The van der Waals surface area contributed by atoms with Crippen LogP contribution in [-0.4, -0.2) is 21.3 Å². The van der Waals surface area contributed by atoms with Crippen LogP contribution in [0.25, 0.3) is 10.6 Å². The molecule has 2 rings (SSSR count). The minimum atomic E-state index is -0.987. The van der Waals surface area contributed by atoms with Gasteiger partial charge < -0.3 is 10.8 Å². The number of aromatic nitrogens is 2. The van der Waals surface area contributed by atoms with Crippen molar-refractivity contribution in [3.8, 4) is 10.6 Å². The molecule has 0 bridgehead atoms. The second-order valence-electron chi connectivity index (χ2n) is 2.80. The average molecular weight is 221 g/mol. The number of benzene rings is 1. The Morgan fingerprint density at radius 2 is 2.07 bits per heavy atom. The fourth-order valence-electron chi connectivity index (χ4n) is 1.20. The Hall–Kier alpha value is -1.95. The zero-order chi connectivity index (χ0) is 10.8. The van der Waals surface area contributed by atoms with Crippen molar-refractivity contribution in [3.05, 3.63) is 29.8 Å². The Morgan fingerprint density at radius 1 is 1.33 bits per heavy atom. The van der Waals surface area contributed by atoms with Crippen LogP contribution < -0.4 is 5.73 Å². The van der Waals surface area contributed by atoms with Gasteiger partial charge in [0.2, 0.25) is 5.13 Å². The van der Waals surface area contributed by atoms with Gasteiger partial charge in [-0.15, -0.1) is 10.2 Å². The van der Waals surface area contributed by atoms with Crippen LogP contribution in [0.3, 0.4) is 0 Å². The van der Waals surface area contributed by atoms with E-state index in [4.69, 9.17) is 10.8 Å². The van der Waals surface area contributed by atoms with E-state index in [1.165, 1.54) is 6.07 Å². The zero-order valence-electron chi connectivity index (χ0n) is 7.54. The van der Waals surface area contributed by atoms with Crippen LogP contribution >= 0.6 is 11.3 Å². The number of nitrogens with zero attached hydrogens (tertiary/aromatic N) is 2. The number of carbonyl (C=O) groups is 1. The first-order valence-corrected chi connectivity index (χ1v) is 4.92. The van der Waals surface area contributed by atoms with Gasteiger partial charge in [-0.3, -0.25) is 0 Å². The second-order valence-corrected chi connectivity index (χ2v) is 3.81. The van der Waals surface area contributed by atoms with Gasteiger partial charge in [0.25, 0.3) is 0 Å². The number of carboxylic acid groups (broad SMARTS) is 1. The first-order valence-electron chi connectivity index (χ1n) is 4.10. The predicted octanol–water partition coefficient (Wildman–Crippen LogP) is 1.49. The quantitative estimate of drug-likeness (QED) is 0.801. The third-order valence-corrected chi connectivity index (χ3v) is 2.61. The first-order chi connectivity index (χ1) is 7.18. The molecule has 0 fully saturated rings. The topological polar surface area (TPSA) is 89.1 Å². The summed E-state index contributed by atoms with van der Waals surface area (Å²) in [5, 5.41) is 17.3. The summed E-state index contributed by atoms with van der Waals surface area (Å²) in [4.78, 5) is 10.9. The lowest BCUT2D eigenvalue weighted by molar-refractivity contribution is 0.0697. The first kappa shape index (κ1) is 9.60. The molecule has 0 aliphatic rings. The molecule has 2 aromatic rings. The molecule has 0 saturated carbocycles. The van der Waals surface area contributed by atoms with Crippen LogP contribution in [0.15, 0.2) is 24.3 Å². The van der Waals surface area contributed by atoms with Crippen molar-refractivity contribution in [2.45, 2.75) is 0 Å². The molecule has 0 aliphatic heterocycles. The van der Waals surface area contributed by atoms with Crippen LogP contribution in [0.1, 0.15) is 10.4 Å². The van der Waals surface area contributed by atoms with E-state index >= 15 is 0 Å². The lowest BCUT2D eigenvalue weighted by Gasteiger charge is -2.00. The minimum absolute atomic E-state index is 0.202. The molecule has 76 valence electrons. The number of nitrogens with two attached hydrogens (primary N) is 1. The third-order valence-electron chi connectivity index (χ3n) is 1.83. The SMILES string of the molecule is Nc1nnc(-c2ccccc2C(=O)O)s1. The Kier molecular flexibility index (Phi) is 2.34. The standard InChI is InChI=1S/C9H7N3O2S/c10-9-12-11-7(15-9)5-3-1-2-4-6(5)8(13)14/h1-4H,(H2,10,12)(H,13,14). The third kappa shape index (κ3) is 1.79. The molecule has 1 aromatic heterocycles. The van der Waals surface area contributed by atoms with Gasteiger partial charge in [0.05, 0.1) is 5.56 Å². The Labute approximate surface area is 89.2 Å². The predicted molar refractivity (Wildman–Crippen MR) is 56.7 cm³/mol. The number of hydrogen-bond donors (Lipinski definition) is 2. The van der Waals surface area contributed by atoms with Crippen molar-refractivity contribution in [1.82, 2.24) is 10.2 Å². The molecule has 0 unspecified atom stereocenters. The zero-order valence-corrected chi connectivity index (χ0v) is 8.36. The van der Waals surface area contributed by atoms with Gasteiger partial charge in [0, 0.05) is 5.56 Å². The maximum absolute atomic E-state index is 10.9. The highest BCUT2D eigenvalue weighted by Crippen LogP contribution is 2.27.